The third-order valence-electron chi connectivity index (χ3n) is 2.88. The van der Waals surface area contributed by atoms with E-state index < -0.39 is 0 Å². The van der Waals surface area contributed by atoms with E-state index in [0.717, 1.165) is 15.7 Å². The lowest BCUT2D eigenvalue weighted by atomic mass is 10.1. The van der Waals surface area contributed by atoms with Gasteiger partial charge in [-0.15, -0.1) is 11.3 Å². The molecule has 0 bridgehead atoms. The van der Waals surface area contributed by atoms with Crippen molar-refractivity contribution >= 4 is 44.8 Å². The zero-order valence-corrected chi connectivity index (χ0v) is 14.0. The molecule has 0 radical (unpaired) electrons. The Bertz CT molecular complexity index is 669. The minimum absolute atomic E-state index is 0.116. The van der Waals surface area contributed by atoms with Gasteiger partial charge < -0.3 is 10.6 Å². The van der Waals surface area contributed by atoms with E-state index >= 15 is 0 Å². The highest BCUT2D eigenvalue weighted by atomic mass is 79.9. The van der Waals surface area contributed by atoms with Crippen LogP contribution in [0.5, 0.6) is 0 Å². The molecule has 0 spiro atoms. The van der Waals surface area contributed by atoms with Crippen LogP contribution in [0.2, 0.25) is 0 Å². The van der Waals surface area contributed by atoms with Crippen LogP contribution in [0.1, 0.15) is 35.1 Å². The SMILES string of the molecule is CC(=O)Nc1cccc(C(C)NC(=O)c2sccc2Br)c1. The number of amides is 2. The summed E-state index contributed by atoms with van der Waals surface area (Å²) in [5.41, 5.74) is 1.65. The van der Waals surface area contributed by atoms with Gasteiger partial charge in [0.15, 0.2) is 0 Å². The molecule has 1 heterocycles. The maximum atomic E-state index is 12.2. The van der Waals surface area contributed by atoms with Crippen molar-refractivity contribution in [3.05, 3.63) is 50.6 Å². The molecule has 0 fully saturated rings. The Hall–Kier alpha value is -1.66. The van der Waals surface area contributed by atoms with E-state index in [2.05, 4.69) is 26.6 Å². The number of carbonyl (C=O) groups excluding carboxylic acids is 2. The second-order valence-electron chi connectivity index (χ2n) is 4.60. The molecule has 0 aliphatic heterocycles. The summed E-state index contributed by atoms with van der Waals surface area (Å²) in [6.45, 7) is 3.37. The molecule has 2 aromatic rings. The molecule has 6 heteroatoms. The Balaban J connectivity index is 2.10. The fourth-order valence-corrected chi connectivity index (χ4v) is 3.34. The van der Waals surface area contributed by atoms with E-state index in [0.29, 0.717) is 4.88 Å². The number of carbonyl (C=O) groups is 2. The molecule has 1 atom stereocenters. The summed E-state index contributed by atoms with van der Waals surface area (Å²) in [5.74, 6) is -0.236. The third-order valence-corrected chi connectivity index (χ3v) is 4.71. The fourth-order valence-electron chi connectivity index (χ4n) is 1.89. The van der Waals surface area contributed by atoms with Gasteiger partial charge in [-0.05, 0) is 52.0 Å². The van der Waals surface area contributed by atoms with Crippen molar-refractivity contribution < 1.29 is 9.59 Å². The van der Waals surface area contributed by atoms with E-state index in [1.54, 1.807) is 0 Å². The first kappa shape index (κ1) is 15.7. The van der Waals surface area contributed by atoms with Crippen molar-refractivity contribution in [2.45, 2.75) is 19.9 Å². The van der Waals surface area contributed by atoms with Gasteiger partial charge in [0.05, 0.1) is 6.04 Å². The molecule has 110 valence electrons. The van der Waals surface area contributed by atoms with Crippen molar-refractivity contribution in [3.63, 3.8) is 0 Å². The van der Waals surface area contributed by atoms with Gasteiger partial charge in [-0.1, -0.05) is 12.1 Å². The molecule has 0 saturated heterocycles. The molecule has 1 aromatic carbocycles. The minimum Gasteiger partial charge on any atom is -0.345 e. The normalized spacial score (nSPS) is 11.8. The van der Waals surface area contributed by atoms with Crippen molar-refractivity contribution in [2.24, 2.45) is 0 Å². The monoisotopic (exact) mass is 366 g/mol. The molecule has 0 saturated carbocycles. The van der Waals surface area contributed by atoms with Gasteiger partial charge in [-0.25, -0.2) is 0 Å². The quantitative estimate of drug-likeness (QED) is 0.860. The summed E-state index contributed by atoms with van der Waals surface area (Å²) in [4.78, 5) is 23.9. The number of rotatable bonds is 4. The standard InChI is InChI=1S/C15H15BrN2O2S/c1-9(17-15(20)14-13(16)6-7-21-14)11-4-3-5-12(8-11)18-10(2)19/h3-9H,1-2H3,(H,17,20)(H,18,19). The highest BCUT2D eigenvalue weighted by Crippen LogP contribution is 2.24. The Labute approximate surface area is 135 Å². The Kier molecular flexibility index (Phi) is 5.14. The lowest BCUT2D eigenvalue weighted by Crippen LogP contribution is -2.26. The number of hydrogen-bond donors (Lipinski definition) is 2. The zero-order valence-electron chi connectivity index (χ0n) is 11.6. The van der Waals surface area contributed by atoms with Crippen LogP contribution in [0.4, 0.5) is 5.69 Å². The first-order valence-corrected chi connectivity index (χ1v) is 8.06. The maximum absolute atomic E-state index is 12.2. The van der Waals surface area contributed by atoms with Crippen LogP contribution in [0.25, 0.3) is 0 Å². The average molecular weight is 367 g/mol. The summed E-state index contributed by atoms with van der Waals surface area (Å²) in [5, 5.41) is 7.54. The van der Waals surface area contributed by atoms with Crippen LogP contribution in [0.15, 0.2) is 40.2 Å². The van der Waals surface area contributed by atoms with Gasteiger partial charge in [0.2, 0.25) is 5.91 Å². The van der Waals surface area contributed by atoms with Crippen molar-refractivity contribution in [1.82, 2.24) is 5.32 Å². The van der Waals surface area contributed by atoms with Crippen LogP contribution in [0, 0.1) is 0 Å². The van der Waals surface area contributed by atoms with Crippen molar-refractivity contribution in [2.75, 3.05) is 5.32 Å². The lowest BCUT2D eigenvalue weighted by molar-refractivity contribution is -0.114. The molecule has 2 N–H and O–H groups in total. The molecule has 0 aliphatic rings. The molecule has 2 amide bonds. The zero-order chi connectivity index (χ0) is 15.4. The summed E-state index contributed by atoms with van der Waals surface area (Å²) < 4.78 is 0.796. The summed E-state index contributed by atoms with van der Waals surface area (Å²) in [6.07, 6.45) is 0. The Morgan fingerprint density at radius 3 is 2.67 bits per heavy atom. The number of hydrogen-bond acceptors (Lipinski definition) is 3. The molecule has 4 nitrogen and oxygen atoms in total. The summed E-state index contributed by atoms with van der Waals surface area (Å²) in [7, 11) is 0. The first-order chi connectivity index (χ1) is 9.97. The molecule has 21 heavy (non-hydrogen) atoms. The van der Waals surface area contributed by atoms with Crippen LogP contribution >= 0.6 is 27.3 Å². The Morgan fingerprint density at radius 2 is 2.05 bits per heavy atom. The van der Waals surface area contributed by atoms with E-state index in [-0.39, 0.29) is 17.9 Å². The topological polar surface area (TPSA) is 58.2 Å². The van der Waals surface area contributed by atoms with E-state index in [1.165, 1.54) is 18.3 Å². The molecular weight excluding hydrogens is 352 g/mol. The number of benzene rings is 1. The van der Waals surface area contributed by atoms with Gasteiger partial charge in [0.25, 0.3) is 5.91 Å². The van der Waals surface area contributed by atoms with E-state index in [9.17, 15) is 9.59 Å². The third kappa shape index (κ3) is 4.15. The van der Waals surface area contributed by atoms with Crippen LogP contribution in [0.3, 0.4) is 0 Å². The molecule has 1 aromatic heterocycles. The average Bonchev–Trinajstić information content (AvgIpc) is 2.84. The number of thiophene rings is 1. The predicted molar refractivity (Wildman–Crippen MR) is 88.6 cm³/mol. The van der Waals surface area contributed by atoms with E-state index in [1.807, 2.05) is 42.6 Å². The largest absolute Gasteiger partial charge is 0.345 e. The van der Waals surface area contributed by atoms with Crippen LogP contribution in [-0.2, 0) is 4.79 Å². The minimum atomic E-state index is -0.153. The van der Waals surface area contributed by atoms with Gasteiger partial charge in [0, 0.05) is 17.1 Å². The molecule has 1 unspecified atom stereocenters. The highest BCUT2D eigenvalue weighted by Gasteiger charge is 2.15. The molecule has 0 aliphatic carbocycles. The van der Waals surface area contributed by atoms with Crippen molar-refractivity contribution in [1.29, 1.82) is 0 Å². The van der Waals surface area contributed by atoms with Gasteiger partial charge in [0.1, 0.15) is 4.88 Å². The summed E-state index contributed by atoms with van der Waals surface area (Å²) >= 11 is 4.74. The lowest BCUT2D eigenvalue weighted by Gasteiger charge is -2.15. The van der Waals surface area contributed by atoms with Gasteiger partial charge in [-0.3, -0.25) is 9.59 Å². The Morgan fingerprint density at radius 1 is 1.29 bits per heavy atom. The van der Waals surface area contributed by atoms with E-state index in [4.69, 9.17) is 0 Å². The number of halogens is 1. The number of nitrogens with one attached hydrogen (secondary N) is 2. The fraction of sp³-hybridized carbons (Fsp3) is 0.200. The molecule has 2 rings (SSSR count). The first-order valence-electron chi connectivity index (χ1n) is 6.39. The predicted octanol–water partition coefficient (Wildman–Crippen LogP) is 3.96. The van der Waals surface area contributed by atoms with Gasteiger partial charge in [-0.2, -0.15) is 0 Å². The van der Waals surface area contributed by atoms with Gasteiger partial charge >= 0.3 is 0 Å². The maximum Gasteiger partial charge on any atom is 0.262 e. The van der Waals surface area contributed by atoms with Crippen molar-refractivity contribution in [3.8, 4) is 0 Å². The number of anilines is 1. The van der Waals surface area contributed by atoms with Crippen LogP contribution in [-0.4, -0.2) is 11.8 Å². The second-order valence-corrected chi connectivity index (χ2v) is 6.37. The highest BCUT2D eigenvalue weighted by molar-refractivity contribution is 9.10. The molecular formula is C15H15BrN2O2S. The van der Waals surface area contributed by atoms with Crippen LogP contribution < -0.4 is 10.6 Å². The summed E-state index contributed by atoms with van der Waals surface area (Å²) in [6, 6.07) is 9.14. The smallest absolute Gasteiger partial charge is 0.262 e. The second kappa shape index (κ2) is 6.87.